The van der Waals surface area contributed by atoms with Crippen LogP contribution in [0.5, 0.6) is 17.2 Å². The van der Waals surface area contributed by atoms with Gasteiger partial charge in [-0.25, -0.2) is 0 Å². The number of hydrogen-bond acceptors (Lipinski definition) is 9. The second-order valence-electron chi connectivity index (χ2n) is 7.86. The van der Waals surface area contributed by atoms with Gasteiger partial charge in [0, 0.05) is 11.1 Å². The topological polar surface area (TPSA) is 154 Å². The van der Waals surface area contributed by atoms with Crippen molar-refractivity contribution >= 4 is 98.1 Å². The number of carbonyl (C=O) groups excluding carboxylic acids is 2. The highest BCUT2D eigenvalue weighted by atomic mass is 127. The van der Waals surface area contributed by atoms with Gasteiger partial charge in [0.15, 0.2) is 16.6 Å². The number of ether oxygens (including phenoxy) is 2. The molecule has 4 rings (SSSR count). The van der Waals surface area contributed by atoms with Crippen molar-refractivity contribution < 1.29 is 28.9 Å². The molecule has 3 aromatic carbocycles. The predicted molar refractivity (Wildman–Crippen MR) is 158 cm³/mol. The number of nitro groups is 2. The van der Waals surface area contributed by atoms with Crippen molar-refractivity contribution in [1.29, 1.82) is 0 Å². The van der Waals surface area contributed by atoms with Gasteiger partial charge in [-0.2, -0.15) is 0 Å². The molecule has 0 spiro atoms. The van der Waals surface area contributed by atoms with Gasteiger partial charge in [0.1, 0.15) is 5.57 Å². The average molecular weight is 715 g/mol. The second kappa shape index (κ2) is 11.7. The Balaban J connectivity index is 1.73. The number of hydrogen-bond donors (Lipinski definition) is 1. The third kappa shape index (κ3) is 5.84. The number of non-ortho nitro benzene ring substituents is 1. The Kier molecular flexibility index (Phi) is 8.53. The van der Waals surface area contributed by atoms with E-state index in [2.05, 4.69) is 5.32 Å². The maximum atomic E-state index is 13.4. The molecule has 0 unspecified atom stereocenters. The SMILES string of the molecule is COc1cc(/C=C2\C(=O)NC(=S)N(c3ccc(Cl)cc3Cl)C2=O)cc(I)c1Oc1ccc([N+](=O)[O-])cc1[N+](=O)[O-]. The van der Waals surface area contributed by atoms with Gasteiger partial charge in [0.2, 0.25) is 5.75 Å². The summed E-state index contributed by atoms with van der Waals surface area (Å²) in [6.07, 6.45) is 1.30. The smallest absolute Gasteiger partial charge is 0.318 e. The number of nitrogens with one attached hydrogen (secondary N) is 1. The molecule has 1 heterocycles. The Bertz CT molecular complexity index is 1670. The van der Waals surface area contributed by atoms with Crippen molar-refractivity contribution in [2.45, 2.75) is 0 Å². The van der Waals surface area contributed by atoms with Crippen LogP contribution in [0.4, 0.5) is 17.1 Å². The van der Waals surface area contributed by atoms with Crippen LogP contribution < -0.4 is 19.7 Å². The summed E-state index contributed by atoms with van der Waals surface area (Å²) in [6, 6.07) is 10.4. The zero-order valence-electron chi connectivity index (χ0n) is 19.8. The van der Waals surface area contributed by atoms with E-state index in [-0.39, 0.29) is 38.6 Å². The van der Waals surface area contributed by atoms with E-state index >= 15 is 0 Å². The lowest BCUT2D eigenvalue weighted by Gasteiger charge is -2.29. The first-order valence-electron chi connectivity index (χ1n) is 10.8. The number of rotatable bonds is 7. The van der Waals surface area contributed by atoms with Crippen LogP contribution >= 0.6 is 58.0 Å². The third-order valence-corrected chi connectivity index (χ3v) is 7.00. The van der Waals surface area contributed by atoms with Crippen LogP contribution in [0.15, 0.2) is 54.1 Å². The minimum atomic E-state index is -0.809. The summed E-state index contributed by atoms with van der Waals surface area (Å²) in [6.45, 7) is 0. The molecule has 40 heavy (non-hydrogen) atoms. The number of halogens is 3. The number of nitrogens with zero attached hydrogens (tertiary/aromatic N) is 3. The van der Waals surface area contributed by atoms with Crippen LogP contribution in [0.1, 0.15) is 5.56 Å². The first kappa shape index (κ1) is 29.1. The second-order valence-corrected chi connectivity index (χ2v) is 10.2. The molecule has 1 N–H and O–H groups in total. The van der Waals surface area contributed by atoms with Gasteiger partial charge >= 0.3 is 5.69 Å². The van der Waals surface area contributed by atoms with Gasteiger partial charge in [0.25, 0.3) is 17.5 Å². The van der Waals surface area contributed by atoms with Gasteiger partial charge in [-0.15, -0.1) is 0 Å². The van der Waals surface area contributed by atoms with E-state index in [0.717, 1.165) is 23.1 Å². The molecular formula is C24H13Cl2IN4O8S. The lowest BCUT2D eigenvalue weighted by molar-refractivity contribution is -0.394. The summed E-state index contributed by atoms with van der Waals surface area (Å²) < 4.78 is 11.5. The quantitative estimate of drug-likeness (QED) is 0.0770. The van der Waals surface area contributed by atoms with Crippen molar-refractivity contribution in [3.63, 3.8) is 0 Å². The minimum absolute atomic E-state index is 0.0670. The molecule has 0 aromatic heterocycles. The molecule has 0 bridgehead atoms. The highest BCUT2D eigenvalue weighted by Gasteiger charge is 2.35. The molecule has 0 atom stereocenters. The van der Waals surface area contributed by atoms with Crippen LogP contribution in [0, 0.1) is 23.8 Å². The van der Waals surface area contributed by atoms with E-state index in [1.807, 2.05) is 22.6 Å². The Morgan fingerprint density at radius 2 is 1.75 bits per heavy atom. The van der Waals surface area contributed by atoms with Crippen molar-refractivity contribution in [1.82, 2.24) is 5.32 Å². The van der Waals surface area contributed by atoms with E-state index in [4.69, 9.17) is 44.9 Å². The fourth-order valence-corrected chi connectivity index (χ4v) is 5.09. The number of amides is 2. The van der Waals surface area contributed by atoms with Crippen molar-refractivity contribution in [3.05, 3.63) is 93.5 Å². The van der Waals surface area contributed by atoms with Gasteiger partial charge in [-0.1, -0.05) is 23.2 Å². The molecule has 1 saturated heterocycles. The fourth-order valence-electron chi connectivity index (χ4n) is 3.59. The van der Waals surface area contributed by atoms with E-state index in [0.29, 0.717) is 14.2 Å². The standard InChI is InChI=1S/C24H13Cl2IN4O8S/c1-38-20-8-11(7-16(27)21(20)39-19-5-3-13(30(34)35)10-18(19)31(36)37)6-14-22(32)28-24(40)29(23(14)33)17-4-2-12(25)9-15(17)26/h2-10H,1H3,(H,28,32,40)/b14-6+. The van der Waals surface area contributed by atoms with Gasteiger partial charge < -0.3 is 9.47 Å². The number of thiocarbonyl (C=S) groups is 1. The number of carbonyl (C=O) groups is 2. The lowest BCUT2D eigenvalue weighted by Crippen LogP contribution is -2.54. The number of nitro benzene ring substituents is 2. The molecule has 0 saturated carbocycles. The minimum Gasteiger partial charge on any atom is -0.493 e. The van der Waals surface area contributed by atoms with Crippen LogP contribution in [-0.2, 0) is 9.59 Å². The summed E-state index contributed by atoms with van der Waals surface area (Å²) in [5.74, 6) is -1.58. The molecule has 12 nitrogen and oxygen atoms in total. The summed E-state index contributed by atoms with van der Waals surface area (Å²) in [5, 5.41) is 25.3. The molecule has 0 aliphatic carbocycles. The van der Waals surface area contributed by atoms with Gasteiger partial charge in [0.05, 0.1) is 37.3 Å². The van der Waals surface area contributed by atoms with Crippen molar-refractivity contribution in [2.75, 3.05) is 12.0 Å². The van der Waals surface area contributed by atoms with Crippen molar-refractivity contribution in [2.24, 2.45) is 0 Å². The largest absolute Gasteiger partial charge is 0.493 e. The Morgan fingerprint density at radius 1 is 1.02 bits per heavy atom. The molecular weight excluding hydrogens is 702 g/mol. The maximum Gasteiger partial charge on any atom is 0.318 e. The molecule has 16 heteroatoms. The number of methoxy groups -OCH3 is 1. The molecule has 2 amide bonds. The van der Waals surface area contributed by atoms with Gasteiger partial charge in [-0.3, -0.25) is 40.0 Å². The third-order valence-electron chi connectivity index (χ3n) is 5.38. The summed E-state index contributed by atoms with van der Waals surface area (Å²) in [7, 11) is 1.32. The van der Waals surface area contributed by atoms with Crippen LogP contribution in [0.3, 0.4) is 0 Å². The molecule has 204 valence electrons. The van der Waals surface area contributed by atoms with Gasteiger partial charge in [-0.05, 0) is 82.8 Å². The van der Waals surface area contributed by atoms with E-state index in [1.54, 1.807) is 0 Å². The number of benzene rings is 3. The fraction of sp³-hybridized carbons (Fsp3) is 0.0417. The monoisotopic (exact) mass is 714 g/mol. The first-order chi connectivity index (χ1) is 18.9. The van der Waals surface area contributed by atoms with Crippen LogP contribution in [0.25, 0.3) is 6.08 Å². The Hall–Kier alpha value is -3.86. The predicted octanol–water partition coefficient (Wildman–Crippen LogP) is 6.05. The summed E-state index contributed by atoms with van der Waals surface area (Å²) >= 11 is 19.3. The van der Waals surface area contributed by atoms with Crippen molar-refractivity contribution in [3.8, 4) is 17.2 Å². The van der Waals surface area contributed by atoms with Crippen LogP contribution in [0.2, 0.25) is 10.0 Å². The maximum absolute atomic E-state index is 13.4. The molecule has 0 radical (unpaired) electrons. The Labute approximate surface area is 253 Å². The highest BCUT2D eigenvalue weighted by molar-refractivity contribution is 14.1. The Morgan fingerprint density at radius 3 is 2.38 bits per heavy atom. The highest BCUT2D eigenvalue weighted by Crippen LogP contribution is 2.41. The number of anilines is 1. The van der Waals surface area contributed by atoms with E-state index in [1.165, 1.54) is 43.5 Å². The normalized spacial score (nSPS) is 14.2. The summed E-state index contributed by atoms with van der Waals surface area (Å²) in [4.78, 5) is 48.1. The molecule has 1 aliphatic heterocycles. The average Bonchev–Trinajstić information content (AvgIpc) is 2.88. The summed E-state index contributed by atoms with van der Waals surface area (Å²) in [5.41, 5.74) is -0.809. The zero-order chi connectivity index (χ0) is 29.3. The molecule has 3 aromatic rings. The van der Waals surface area contributed by atoms with E-state index < -0.39 is 33.0 Å². The molecule has 1 aliphatic rings. The first-order valence-corrected chi connectivity index (χ1v) is 13.0. The van der Waals surface area contributed by atoms with Crippen LogP contribution in [-0.4, -0.2) is 33.9 Å². The van der Waals surface area contributed by atoms with E-state index in [9.17, 15) is 29.8 Å². The lowest BCUT2D eigenvalue weighted by atomic mass is 10.1. The zero-order valence-corrected chi connectivity index (χ0v) is 24.3. The molecule has 1 fully saturated rings.